The molecule has 0 spiro atoms. The van der Waals surface area contributed by atoms with E-state index in [2.05, 4.69) is 9.88 Å². The quantitative estimate of drug-likeness (QED) is 0.380. The third-order valence-corrected chi connectivity index (χ3v) is 6.20. The normalized spacial score (nSPS) is 14.1. The van der Waals surface area contributed by atoms with E-state index in [0.717, 1.165) is 44.1 Å². The summed E-state index contributed by atoms with van der Waals surface area (Å²) in [6.45, 7) is 2.95. The maximum atomic E-state index is 13.0. The first-order chi connectivity index (χ1) is 17.3. The number of carbonyl (C=O) groups excluding carboxylic acids is 1. The molecule has 1 amide bonds. The number of nitrogens with two attached hydrogens (primary N) is 1. The van der Waals surface area contributed by atoms with Crippen LogP contribution in [0.25, 0.3) is 0 Å². The van der Waals surface area contributed by atoms with Gasteiger partial charge in [-0.3, -0.25) is 9.35 Å². The van der Waals surface area contributed by atoms with Gasteiger partial charge in [0.15, 0.2) is 0 Å². The van der Waals surface area contributed by atoms with Gasteiger partial charge in [-0.25, -0.2) is 13.8 Å². The number of hydrogen-bond acceptors (Lipinski definition) is 6. The van der Waals surface area contributed by atoms with Crippen molar-refractivity contribution in [3.05, 3.63) is 83.6 Å². The first-order valence-electron chi connectivity index (χ1n) is 10.6. The molecule has 0 bridgehead atoms. The zero-order valence-electron chi connectivity index (χ0n) is 19.0. The van der Waals surface area contributed by atoms with Crippen LogP contribution in [0.3, 0.4) is 0 Å². The molecule has 8 nitrogen and oxygen atoms in total. The molecular weight excluding hydrogens is 523 g/mol. The van der Waals surface area contributed by atoms with Crippen molar-refractivity contribution in [2.45, 2.75) is 11.1 Å². The number of rotatable bonds is 4. The molecule has 0 saturated carbocycles. The Morgan fingerprint density at radius 1 is 0.892 bits per heavy atom. The third kappa shape index (κ3) is 7.36. The summed E-state index contributed by atoms with van der Waals surface area (Å²) < 4.78 is 93.1. The molecule has 0 unspecified atom stereocenters. The molecule has 3 N–H and O–H groups in total. The van der Waals surface area contributed by atoms with Crippen molar-refractivity contribution < 1.29 is 39.7 Å². The number of amides is 1. The minimum Gasteiger partial charge on any atom is -0.368 e. The minimum atomic E-state index is -4.79. The van der Waals surface area contributed by atoms with E-state index in [1.165, 1.54) is 18.2 Å². The smallest absolute Gasteiger partial charge is 0.368 e. The zero-order valence-corrected chi connectivity index (χ0v) is 19.8. The van der Waals surface area contributed by atoms with Gasteiger partial charge >= 0.3 is 6.18 Å². The van der Waals surface area contributed by atoms with Crippen molar-refractivity contribution in [1.29, 1.82) is 0 Å². The fourth-order valence-electron chi connectivity index (χ4n) is 3.52. The average Bonchev–Trinajstić information content (AvgIpc) is 2.84. The number of benzene rings is 2. The molecule has 4 rings (SSSR count). The van der Waals surface area contributed by atoms with Crippen LogP contribution in [0.4, 0.5) is 33.5 Å². The Kier molecular flexibility index (Phi) is 8.33. The summed E-state index contributed by atoms with van der Waals surface area (Å²) in [7, 11) is -4.22. The second-order valence-corrected chi connectivity index (χ2v) is 9.25. The highest BCUT2D eigenvalue weighted by molar-refractivity contribution is 7.85. The van der Waals surface area contributed by atoms with E-state index in [1.54, 1.807) is 18.2 Å². The van der Waals surface area contributed by atoms with E-state index in [9.17, 15) is 35.2 Å². The van der Waals surface area contributed by atoms with E-state index in [0.29, 0.717) is 11.9 Å². The third-order valence-electron chi connectivity index (χ3n) is 5.37. The first-order valence-corrected chi connectivity index (χ1v) is 12.1. The molecule has 0 aliphatic carbocycles. The van der Waals surface area contributed by atoms with Gasteiger partial charge in [0.05, 0.1) is 17.3 Å². The number of halogens is 5. The molecule has 1 saturated heterocycles. The lowest BCUT2D eigenvalue weighted by Crippen LogP contribution is -2.46. The average molecular weight is 545 g/mol. The van der Waals surface area contributed by atoms with Crippen LogP contribution in [0.1, 0.15) is 15.9 Å². The van der Waals surface area contributed by atoms with Crippen molar-refractivity contribution in [3.63, 3.8) is 0 Å². The minimum absolute atomic E-state index is 0.216. The van der Waals surface area contributed by atoms with E-state index in [-0.39, 0.29) is 16.8 Å². The fourth-order valence-corrected chi connectivity index (χ4v) is 3.95. The molecule has 2 aromatic carbocycles. The number of carbonyl (C=O) groups is 1. The summed E-state index contributed by atoms with van der Waals surface area (Å²) >= 11 is 0. The van der Waals surface area contributed by atoms with Gasteiger partial charge in [0.2, 0.25) is 5.91 Å². The first kappa shape index (κ1) is 27.8. The number of pyridine rings is 1. The van der Waals surface area contributed by atoms with Crippen molar-refractivity contribution in [2.75, 3.05) is 36.0 Å². The van der Waals surface area contributed by atoms with Crippen molar-refractivity contribution in [3.8, 4) is 0 Å². The predicted molar refractivity (Wildman–Crippen MR) is 125 cm³/mol. The maximum Gasteiger partial charge on any atom is 0.417 e. The van der Waals surface area contributed by atoms with Crippen LogP contribution in [0.2, 0.25) is 0 Å². The summed E-state index contributed by atoms with van der Waals surface area (Å²) in [6.07, 6.45) is -3.64. The van der Waals surface area contributed by atoms with Gasteiger partial charge in [-0.2, -0.15) is 21.6 Å². The Morgan fingerprint density at radius 3 is 1.95 bits per heavy atom. The molecule has 1 aromatic heterocycles. The van der Waals surface area contributed by atoms with Gasteiger partial charge in [-0.05, 0) is 54.6 Å². The van der Waals surface area contributed by atoms with E-state index in [4.69, 9.17) is 10.3 Å². The van der Waals surface area contributed by atoms with Gasteiger partial charge in [0.25, 0.3) is 10.1 Å². The molecule has 198 valence electrons. The number of anilines is 2. The van der Waals surface area contributed by atoms with E-state index >= 15 is 0 Å². The van der Waals surface area contributed by atoms with Gasteiger partial charge in [0.1, 0.15) is 22.3 Å². The number of nitrogens with zero attached hydrogens (tertiary/aromatic N) is 3. The lowest BCUT2D eigenvalue weighted by Gasteiger charge is -2.36. The lowest BCUT2D eigenvalue weighted by molar-refractivity contribution is -0.138. The topological polar surface area (TPSA) is 117 Å². The number of alkyl halides is 3. The number of aromatic nitrogens is 1. The van der Waals surface area contributed by atoms with Gasteiger partial charge in [0, 0.05) is 31.9 Å². The molecule has 3 aromatic rings. The highest BCUT2D eigenvalue weighted by Gasteiger charge is 2.35. The maximum absolute atomic E-state index is 13.0. The summed E-state index contributed by atoms with van der Waals surface area (Å²) in [5.74, 6) is -1.90. The molecule has 1 aliphatic heterocycles. The van der Waals surface area contributed by atoms with Crippen molar-refractivity contribution in [1.82, 2.24) is 4.98 Å². The largest absolute Gasteiger partial charge is 0.417 e. The predicted octanol–water partition coefficient (Wildman–Crippen LogP) is 3.74. The van der Waals surface area contributed by atoms with Crippen LogP contribution in [0.15, 0.2) is 65.7 Å². The SMILES string of the molecule is NC(=O)c1ccc(F)cc1C(F)(F)F.O=S(=O)(O)c1ccc(N2CCN(c3ccc(F)cc3)CC2)nc1. The molecule has 14 heteroatoms. The number of primary amides is 1. The van der Waals surface area contributed by atoms with Crippen LogP contribution in [0.5, 0.6) is 0 Å². The monoisotopic (exact) mass is 544 g/mol. The summed E-state index contributed by atoms with van der Waals surface area (Å²) in [4.78, 5) is 18.7. The van der Waals surface area contributed by atoms with Crippen LogP contribution in [0, 0.1) is 11.6 Å². The van der Waals surface area contributed by atoms with Gasteiger partial charge in [-0.15, -0.1) is 0 Å². The summed E-state index contributed by atoms with van der Waals surface area (Å²) in [5, 5.41) is 0. The summed E-state index contributed by atoms with van der Waals surface area (Å²) in [5.41, 5.74) is 3.58. The molecule has 2 heterocycles. The standard InChI is InChI=1S/C15H16FN3O3S.C8H5F4NO/c16-12-1-3-13(4-2-12)18-7-9-19(10-8-18)15-6-5-14(11-17-15)23(20,21)22;9-4-1-2-5(7(13)14)6(3-4)8(10,11)12/h1-6,11H,7-10H2,(H,20,21,22);1-3H,(H2,13,14). The molecular formula is C23H21F5N4O4S. The van der Waals surface area contributed by atoms with Gasteiger partial charge in [-0.1, -0.05) is 0 Å². The van der Waals surface area contributed by atoms with Gasteiger partial charge < -0.3 is 15.5 Å². The number of piperazine rings is 1. The molecule has 1 fully saturated rings. The Bertz CT molecular complexity index is 1340. The highest BCUT2D eigenvalue weighted by Crippen LogP contribution is 2.32. The molecule has 1 aliphatic rings. The van der Waals surface area contributed by atoms with Crippen LogP contribution >= 0.6 is 0 Å². The number of hydrogen-bond donors (Lipinski definition) is 2. The van der Waals surface area contributed by atoms with E-state index in [1.807, 2.05) is 4.90 Å². The molecule has 37 heavy (non-hydrogen) atoms. The van der Waals surface area contributed by atoms with E-state index < -0.39 is 39.1 Å². The second kappa shape index (κ2) is 11.1. The highest BCUT2D eigenvalue weighted by atomic mass is 32.2. The zero-order chi connectivity index (χ0) is 27.4. The van der Waals surface area contributed by atoms with Crippen LogP contribution < -0.4 is 15.5 Å². The fraction of sp³-hybridized carbons (Fsp3) is 0.217. The lowest BCUT2D eigenvalue weighted by atomic mass is 10.1. The Balaban J connectivity index is 0.000000233. The summed E-state index contributed by atoms with van der Waals surface area (Å²) in [6, 6.07) is 11.0. The van der Waals surface area contributed by atoms with Crippen molar-refractivity contribution >= 4 is 27.5 Å². The van der Waals surface area contributed by atoms with Crippen molar-refractivity contribution in [2.24, 2.45) is 5.73 Å². The Morgan fingerprint density at radius 2 is 1.46 bits per heavy atom. The van der Waals surface area contributed by atoms with Crippen LogP contribution in [-0.4, -0.2) is 50.0 Å². The van der Waals surface area contributed by atoms with Crippen LogP contribution in [-0.2, 0) is 16.3 Å². The molecule has 0 radical (unpaired) electrons. The second-order valence-electron chi connectivity index (χ2n) is 7.83. The Hall–Kier alpha value is -3.78. The Labute approximate surface area is 208 Å². The molecule has 0 atom stereocenters.